The van der Waals surface area contributed by atoms with E-state index >= 15 is 0 Å². The van der Waals surface area contributed by atoms with Crippen molar-refractivity contribution >= 4 is 11.9 Å². The van der Waals surface area contributed by atoms with Crippen molar-refractivity contribution < 1.29 is 23.8 Å². The summed E-state index contributed by atoms with van der Waals surface area (Å²) in [5, 5.41) is 8.91. The lowest BCUT2D eigenvalue weighted by atomic mass is 9.95. The number of carboxylic acid groups (broad SMARTS) is 1. The Kier molecular flexibility index (Phi) is 2.60. The number of carbonyl (C=O) groups excluding carboxylic acids is 1. The molecule has 0 amide bonds. The number of ether oxygens (including phenoxy) is 1. The van der Waals surface area contributed by atoms with Crippen LogP contribution in [-0.2, 0) is 14.3 Å². The highest BCUT2D eigenvalue weighted by atomic mass is 19.1. The summed E-state index contributed by atoms with van der Waals surface area (Å²) in [7, 11) is 0. The van der Waals surface area contributed by atoms with Crippen molar-refractivity contribution in [2.24, 2.45) is 5.92 Å². The van der Waals surface area contributed by atoms with Gasteiger partial charge in [0.15, 0.2) is 0 Å². The van der Waals surface area contributed by atoms with Crippen molar-refractivity contribution in [1.29, 1.82) is 0 Å². The van der Waals surface area contributed by atoms with Gasteiger partial charge in [-0.1, -0.05) is 12.1 Å². The third-order valence-corrected chi connectivity index (χ3v) is 2.50. The Morgan fingerprint density at radius 1 is 1.50 bits per heavy atom. The molecule has 2 rings (SSSR count). The smallest absolute Gasteiger partial charge is 0.311 e. The molecule has 1 N–H and O–H groups in total. The molecule has 1 aliphatic heterocycles. The summed E-state index contributed by atoms with van der Waals surface area (Å²) in [5.74, 6) is -3.10. The van der Waals surface area contributed by atoms with Crippen molar-refractivity contribution in [3.8, 4) is 0 Å². The summed E-state index contributed by atoms with van der Waals surface area (Å²) in [6, 6.07) is 5.42. The van der Waals surface area contributed by atoms with E-state index in [1.54, 1.807) is 6.07 Å². The molecule has 0 spiro atoms. The van der Waals surface area contributed by atoms with Gasteiger partial charge in [0.1, 0.15) is 17.8 Å². The lowest BCUT2D eigenvalue weighted by Gasteiger charge is -2.14. The molecule has 1 heterocycles. The van der Waals surface area contributed by atoms with Gasteiger partial charge in [-0.05, 0) is 17.7 Å². The molecule has 16 heavy (non-hydrogen) atoms. The van der Waals surface area contributed by atoms with Crippen LogP contribution in [-0.4, -0.2) is 17.0 Å². The number of halogens is 1. The van der Waals surface area contributed by atoms with E-state index in [9.17, 15) is 14.0 Å². The number of carbonyl (C=O) groups is 2. The van der Waals surface area contributed by atoms with E-state index in [1.807, 2.05) is 0 Å². The predicted molar refractivity (Wildman–Crippen MR) is 51.0 cm³/mol. The molecule has 1 fully saturated rings. The zero-order valence-corrected chi connectivity index (χ0v) is 8.22. The summed E-state index contributed by atoms with van der Waals surface area (Å²) in [5.41, 5.74) is 0.373. The second kappa shape index (κ2) is 3.92. The molecule has 4 nitrogen and oxygen atoms in total. The van der Waals surface area contributed by atoms with Gasteiger partial charge in [0.05, 0.1) is 6.42 Å². The molecule has 5 heteroatoms. The molecule has 0 unspecified atom stereocenters. The molecule has 0 bridgehead atoms. The monoisotopic (exact) mass is 224 g/mol. The third kappa shape index (κ3) is 1.88. The molecule has 1 aromatic rings. The molecule has 84 valence electrons. The van der Waals surface area contributed by atoms with E-state index in [-0.39, 0.29) is 6.42 Å². The van der Waals surface area contributed by atoms with E-state index < -0.39 is 29.8 Å². The second-order valence-electron chi connectivity index (χ2n) is 3.61. The standard InChI is InChI=1S/C11H9FO4/c12-7-3-1-2-6(4-7)10-8(11(14)15)5-9(13)16-10/h1-4,8,10H,5H2,(H,14,15)/t8-,10-/m0/s1. The highest BCUT2D eigenvalue weighted by Gasteiger charge is 2.40. The normalized spacial score (nSPS) is 24.2. The molecular weight excluding hydrogens is 215 g/mol. The molecule has 0 radical (unpaired) electrons. The lowest BCUT2D eigenvalue weighted by Crippen LogP contribution is -2.17. The number of aliphatic carboxylic acids is 1. The van der Waals surface area contributed by atoms with Crippen LogP contribution in [0.5, 0.6) is 0 Å². The highest BCUT2D eigenvalue weighted by Crippen LogP contribution is 2.35. The maximum absolute atomic E-state index is 13.0. The molecule has 0 aliphatic carbocycles. The van der Waals surface area contributed by atoms with Gasteiger partial charge in [-0.25, -0.2) is 4.39 Å². The third-order valence-electron chi connectivity index (χ3n) is 2.50. The van der Waals surface area contributed by atoms with Crippen LogP contribution in [0.15, 0.2) is 24.3 Å². The van der Waals surface area contributed by atoms with Crippen LogP contribution in [0.1, 0.15) is 18.1 Å². The van der Waals surface area contributed by atoms with Gasteiger partial charge in [0, 0.05) is 0 Å². The SMILES string of the molecule is O=C1C[C@H](C(=O)O)[C@H](c2cccc(F)c2)O1. The summed E-state index contributed by atoms with van der Waals surface area (Å²) in [6.07, 6.45) is -1.06. The number of carboxylic acids is 1. The zero-order chi connectivity index (χ0) is 11.7. The summed E-state index contributed by atoms with van der Waals surface area (Å²) >= 11 is 0. The Labute approximate surface area is 90.6 Å². The Morgan fingerprint density at radius 2 is 2.25 bits per heavy atom. The van der Waals surface area contributed by atoms with E-state index in [1.165, 1.54) is 18.2 Å². The number of esters is 1. The minimum Gasteiger partial charge on any atom is -0.481 e. The molecule has 1 saturated heterocycles. The Hall–Kier alpha value is -1.91. The summed E-state index contributed by atoms with van der Waals surface area (Å²) < 4.78 is 17.8. The number of hydrogen-bond acceptors (Lipinski definition) is 3. The summed E-state index contributed by atoms with van der Waals surface area (Å²) in [4.78, 5) is 21.9. The van der Waals surface area contributed by atoms with Gasteiger partial charge in [-0.3, -0.25) is 9.59 Å². The van der Waals surface area contributed by atoms with E-state index in [0.29, 0.717) is 5.56 Å². The first-order chi connectivity index (χ1) is 7.58. The Bertz CT molecular complexity index is 443. The van der Waals surface area contributed by atoms with Gasteiger partial charge in [-0.15, -0.1) is 0 Å². The van der Waals surface area contributed by atoms with E-state index in [0.717, 1.165) is 0 Å². The Balaban J connectivity index is 2.32. The fraction of sp³-hybridized carbons (Fsp3) is 0.273. The topological polar surface area (TPSA) is 63.6 Å². The molecular formula is C11H9FO4. The first-order valence-electron chi connectivity index (χ1n) is 4.75. The van der Waals surface area contributed by atoms with Gasteiger partial charge >= 0.3 is 11.9 Å². The van der Waals surface area contributed by atoms with Crippen LogP contribution >= 0.6 is 0 Å². The Morgan fingerprint density at radius 3 is 2.88 bits per heavy atom. The van der Waals surface area contributed by atoms with Gasteiger partial charge < -0.3 is 9.84 Å². The molecule has 0 saturated carbocycles. The second-order valence-corrected chi connectivity index (χ2v) is 3.61. The van der Waals surface area contributed by atoms with Gasteiger partial charge in [-0.2, -0.15) is 0 Å². The first-order valence-corrected chi connectivity index (χ1v) is 4.75. The molecule has 1 aliphatic rings. The minimum absolute atomic E-state index is 0.170. The highest BCUT2D eigenvalue weighted by molar-refractivity contribution is 5.82. The number of benzene rings is 1. The average molecular weight is 224 g/mol. The maximum atomic E-state index is 13.0. The minimum atomic E-state index is -1.11. The molecule has 0 aromatic heterocycles. The van der Waals surface area contributed by atoms with Crippen molar-refractivity contribution in [1.82, 2.24) is 0 Å². The number of cyclic esters (lactones) is 1. The fourth-order valence-electron chi connectivity index (χ4n) is 1.76. The molecule has 1 aromatic carbocycles. The van der Waals surface area contributed by atoms with Crippen molar-refractivity contribution in [3.05, 3.63) is 35.6 Å². The largest absolute Gasteiger partial charge is 0.481 e. The average Bonchev–Trinajstić information content (AvgIpc) is 2.60. The maximum Gasteiger partial charge on any atom is 0.311 e. The van der Waals surface area contributed by atoms with Crippen LogP contribution in [0.2, 0.25) is 0 Å². The zero-order valence-electron chi connectivity index (χ0n) is 8.22. The van der Waals surface area contributed by atoms with Crippen molar-refractivity contribution in [3.63, 3.8) is 0 Å². The quantitative estimate of drug-likeness (QED) is 0.773. The van der Waals surface area contributed by atoms with Crippen LogP contribution in [0.4, 0.5) is 4.39 Å². The van der Waals surface area contributed by atoms with Crippen molar-refractivity contribution in [2.75, 3.05) is 0 Å². The van der Waals surface area contributed by atoms with E-state index in [2.05, 4.69) is 0 Å². The lowest BCUT2D eigenvalue weighted by molar-refractivity contribution is -0.144. The predicted octanol–water partition coefficient (Wildman–Crippen LogP) is 1.51. The van der Waals surface area contributed by atoms with Crippen LogP contribution in [0.25, 0.3) is 0 Å². The van der Waals surface area contributed by atoms with Gasteiger partial charge in [0.25, 0.3) is 0 Å². The van der Waals surface area contributed by atoms with Crippen molar-refractivity contribution in [2.45, 2.75) is 12.5 Å². The number of hydrogen-bond donors (Lipinski definition) is 1. The fourth-order valence-corrected chi connectivity index (χ4v) is 1.76. The van der Waals surface area contributed by atoms with Crippen LogP contribution < -0.4 is 0 Å². The first kappa shape index (κ1) is 10.6. The molecule has 2 atom stereocenters. The van der Waals surface area contributed by atoms with E-state index in [4.69, 9.17) is 9.84 Å². The number of rotatable bonds is 2. The van der Waals surface area contributed by atoms with Crippen LogP contribution in [0, 0.1) is 11.7 Å². The van der Waals surface area contributed by atoms with Gasteiger partial charge in [0.2, 0.25) is 0 Å². The summed E-state index contributed by atoms with van der Waals surface area (Å²) in [6.45, 7) is 0. The van der Waals surface area contributed by atoms with Crippen LogP contribution in [0.3, 0.4) is 0 Å².